The average molecular weight is 432 g/mol. The van der Waals surface area contributed by atoms with E-state index in [1.54, 1.807) is 32.2 Å². The van der Waals surface area contributed by atoms with Crippen molar-refractivity contribution in [3.8, 4) is 22.3 Å². The van der Waals surface area contributed by atoms with E-state index < -0.39 is 5.97 Å². The summed E-state index contributed by atoms with van der Waals surface area (Å²) in [6.07, 6.45) is 2.51. The summed E-state index contributed by atoms with van der Waals surface area (Å²) in [5.74, 6) is 0.858. The van der Waals surface area contributed by atoms with E-state index in [4.69, 9.17) is 23.7 Å². The first-order chi connectivity index (χ1) is 14.5. The molecule has 0 saturated carbocycles. The Bertz CT molecular complexity index is 974. The standard InChI is InChI=1S/C22H24O7S/c1-5-27-12-13-7-9-15-18(19(13)23)22(30-20(15)21(24)28-6-2)29-14-8-10-16(25-3)17(11-14)26-4/h8,10-12H,5-7,9H2,1-4H3/b13-12-. The summed E-state index contributed by atoms with van der Waals surface area (Å²) in [5, 5.41) is 0.340. The molecule has 0 saturated heterocycles. The van der Waals surface area contributed by atoms with Crippen molar-refractivity contribution in [3.63, 3.8) is 0 Å². The van der Waals surface area contributed by atoms with Crippen molar-refractivity contribution >= 4 is 23.1 Å². The second-order valence-corrected chi connectivity index (χ2v) is 7.32. The Balaban J connectivity index is 2.04. The van der Waals surface area contributed by atoms with Gasteiger partial charge in [0.15, 0.2) is 22.3 Å². The molecule has 0 aliphatic heterocycles. The van der Waals surface area contributed by atoms with Crippen molar-refractivity contribution in [3.05, 3.63) is 46.0 Å². The van der Waals surface area contributed by atoms with Crippen LogP contribution in [-0.4, -0.2) is 39.2 Å². The molecule has 1 aliphatic rings. The first kappa shape index (κ1) is 21.7. The average Bonchev–Trinajstić information content (AvgIpc) is 3.12. The molecule has 30 heavy (non-hydrogen) atoms. The quantitative estimate of drug-likeness (QED) is 0.337. The first-order valence-electron chi connectivity index (χ1n) is 9.61. The molecular formula is C22H24O7S. The van der Waals surface area contributed by atoms with Crippen molar-refractivity contribution in [1.29, 1.82) is 0 Å². The van der Waals surface area contributed by atoms with Gasteiger partial charge in [-0.05, 0) is 44.4 Å². The van der Waals surface area contributed by atoms with E-state index in [1.165, 1.54) is 13.4 Å². The van der Waals surface area contributed by atoms with Gasteiger partial charge in [-0.1, -0.05) is 11.3 Å². The highest BCUT2D eigenvalue weighted by Crippen LogP contribution is 2.44. The van der Waals surface area contributed by atoms with Gasteiger partial charge in [0.25, 0.3) is 0 Å². The minimum Gasteiger partial charge on any atom is -0.501 e. The summed E-state index contributed by atoms with van der Waals surface area (Å²) in [5.41, 5.74) is 1.59. The van der Waals surface area contributed by atoms with Crippen LogP contribution in [0.1, 0.15) is 45.9 Å². The zero-order valence-corrected chi connectivity index (χ0v) is 18.2. The lowest BCUT2D eigenvalue weighted by atomic mass is 9.88. The SMILES string of the molecule is CCO/C=C1/CCc2c(C(=O)OCC)sc(Oc3ccc(OC)c(OC)c3)c2C1=O. The van der Waals surface area contributed by atoms with Crippen LogP contribution in [0, 0.1) is 0 Å². The number of hydrogen-bond acceptors (Lipinski definition) is 8. The van der Waals surface area contributed by atoms with E-state index in [1.807, 2.05) is 6.92 Å². The molecule has 0 bridgehead atoms. The Labute approximate surface area is 179 Å². The summed E-state index contributed by atoms with van der Waals surface area (Å²) in [7, 11) is 3.08. The van der Waals surface area contributed by atoms with Gasteiger partial charge in [-0.25, -0.2) is 4.79 Å². The molecule has 1 heterocycles. The number of esters is 1. The molecule has 0 spiro atoms. The largest absolute Gasteiger partial charge is 0.501 e. The maximum atomic E-state index is 13.1. The lowest BCUT2D eigenvalue weighted by molar-refractivity contribution is 0.0531. The number of carbonyl (C=O) groups excluding carboxylic acids is 2. The molecule has 0 fully saturated rings. The number of ketones is 1. The highest BCUT2D eigenvalue weighted by atomic mass is 32.1. The molecule has 1 aromatic carbocycles. The van der Waals surface area contributed by atoms with Gasteiger partial charge in [0.2, 0.25) is 0 Å². The number of hydrogen-bond donors (Lipinski definition) is 0. The third-order valence-corrected chi connectivity index (χ3v) is 5.65. The molecule has 1 aromatic heterocycles. The molecule has 7 nitrogen and oxygen atoms in total. The molecule has 8 heteroatoms. The summed E-state index contributed by atoms with van der Waals surface area (Å²) in [6.45, 7) is 4.31. The Morgan fingerprint density at radius 2 is 1.87 bits per heavy atom. The minimum atomic E-state index is -0.453. The van der Waals surface area contributed by atoms with E-state index in [9.17, 15) is 9.59 Å². The number of thiophene rings is 1. The van der Waals surface area contributed by atoms with E-state index >= 15 is 0 Å². The van der Waals surface area contributed by atoms with Crippen LogP contribution in [0.5, 0.6) is 22.3 Å². The molecule has 0 N–H and O–H groups in total. The van der Waals surface area contributed by atoms with E-state index in [0.717, 1.165) is 11.3 Å². The molecule has 0 atom stereocenters. The highest BCUT2D eigenvalue weighted by Gasteiger charge is 2.34. The third kappa shape index (κ3) is 4.28. The van der Waals surface area contributed by atoms with Crippen molar-refractivity contribution in [1.82, 2.24) is 0 Å². The zero-order valence-electron chi connectivity index (χ0n) is 17.4. The number of carbonyl (C=O) groups is 2. The van der Waals surface area contributed by atoms with Gasteiger partial charge >= 0.3 is 5.97 Å². The molecule has 0 radical (unpaired) electrons. The molecular weight excluding hydrogens is 408 g/mol. The molecule has 1 aliphatic carbocycles. The fraction of sp³-hybridized carbons (Fsp3) is 0.364. The number of fused-ring (bicyclic) bond motifs is 1. The number of benzene rings is 1. The highest BCUT2D eigenvalue weighted by molar-refractivity contribution is 7.16. The Kier molecular flexibility index (Phi) is 6.99. The Hall–Kier alpha value is -3.00. The summed E-state index contributed by atoms with van der Waals surface area (Å²) in [4.78, 5) is 26.0. The molecule has 3 rings (SSSR count). The number of ether oxygens (including phenoxy) is 5. The van der Waals surface area contributed by atoms with Gasteiger partial charge in [0.1, 0.15) is 10.6 Å². The fourth-order valence-electron chi connectivity index (χ4n) is 3.16. The van der Waals surface area contributed by atoms with Crippen molar-refractivity contribution < 1.29 is 33.3 Å². The lowest BCUT2D eigenvalue weighted by Gasteiger charge is -2.16. The van der Waals surface area contributed by atoms with Crippen LogP contribution in [0.25, 0.3) is 0 Å². The van der Waals surface area contributed by atoms with Gasteiger partial charge in [-0.2, -0.15) is 0 Å². The topological polar surface area (TPSA) is 80.3 Å². The molecule has 2 aromatic rings. The van der Waals surface area contributed by atoms with Crippen LogP contribution in [0.2, 0.25) is 0 Å². The normalized spacial score (nSPS) is 14.3. The van der Waals surface area contributed by atoms with Crippen LogP contribution in [0.15, 0.2) is 30.0 Å². The number of rotatable bonds is 8. The van der Waals surface area contributed by atoms with Crippen LogP contribution in [-0.2, 0) is 15.9 Å². The fourth-order valence-corrected chi connectivity index (χ4v) is 4.27. The maximum absolute atomic E-state index is 13.1. The van der Waals surface area contributed by atoms with Gasteiger partial charge < -0.3 is 23.7 Å². The van der Waals surface area contributed by atoms with Crippen LogP contribution < -0.4 is 14.2 Å². The van der Waals surface area contributed by atoms with Crippen molar-refractivity contribution in [2.45, 2.75) is 26.7 Å². The van der Waals surface area contributed by atoms with Gasteiger partial charge in [-0.3, -0.25) is 4.79 Å². The second kappa shape index (κ2) is 9.67. The summed E-state index contributed by atoms with van der Waals surface area (Å²) >= 11 is 1.11. The van der Waals surface area contributed by atoms with Gasteiger partial charge in [-0.15, -0.1) is 0 Å². The van der Waals surface area contributed by atoms with Crippen LogP contribution in [0.3, 0.4) is 0 Å². The van der Waals surface area contributed by atoms with Gasteiger partial charge in [0, 0.05) is 11.6 Å². The molecule has 160 valence electrons. The Morgan fingerprint density at radius 1 is 1.10 bits per heavy atom. The van der Waals surface area contributed by atoms with E-state index in [-0.39, 0.29) is 12.4 Å². The predicted octanol–water partition coefficient (Wildman–Crippen LogP) is 4.78. The maximum Gasteiger partial charge on any atom is 0.348 e. The minimum absolute atomic E-state index is 0.202. The van der Waals surface area contributed by atoms with E-state index in [2.05, 4.69) is 0 Å². The van der Waals surface area contributed by atoms with Crippen LogP contribution in [0.4, 0.5) is 0 Å². The first-order valence-corrected chi connectivity index (χ1v) is 10.4. The summed E-state index contributed by atoms with van der Waals surface area (Å²) in [6, 6.07) is 5.09. The van der Waals surface area contributed by atoms with Crippen molar-refractivity contribution in [2.24, 2.45) is 0 Å². The number of Topliss-reactive ketones (excluding diaryl/α,β-unsaturated/α-hetero) is 1. The smallest absolute Gasteiger partial charge is 0.348 e. The zero-order chi connectivity index (χ0) is 21.7. The van der Waals surface area contributed by atoms with E-state index in [0.29, 0.717) is 63.3 Å². The van der Waals surface area contributed by atoms with Crippen molar-refractivity contribution in [2.75, 3.05) is 27.4 Å². The van der Waals surface area contributed by atoms with Gasteiger partial charge in [0.05, 0.1) is 39.3 Å². The predicted molar refractivity (Wildman–Crippen MR) is 112 cm³/mol. The molecule has 0 amide bonds. The summed E-state index contributed by atoms with van der Waals surface area (Å²) < 4.78 is 27.1. The third-order valence-electron chi connectivity index (χ3n) is 4.56. The Morgan fingerprint density at radius 3 is 2.53 bits per heavy atom. The second-order valence-electron chi connectivity index (χ2n) is 6.34. The number of methoxy groups -OCH3 is 2. The lowest BCUT2D eigenvalue weighted by Crippen LogP contribution is -2.16. The van der Waals surface area contributed by atoms with Crippen LogP contribution >= 0.6 is 11.3 Å². The molecule has 0 unspecified atom stereocenters. The monoisotopic (exact) mass is 432 g/mol. The number of allylic oxidation sites excluding steroid dienone is 1.